The third-order valence-corrected chi connectivity index (χ3v) is 1.78. The van der Waals surface area contributed by atoms with Crippen LogP contribution in [0, 0.1) is 0 Å². The van der Waals surface area contributed by atoms with Gasteiger partial charge < -0.3 is 0 Å². The lowest BCUT2D eigenvalue weighted by Gasteiger charge is -1.79. The minimum Gasteiger partial charge on any atom is -0.253 e. The van der Waals surface area contributed by atoms with Crippen LogP contribution in [0.15, 0.2) is 15.0 Å². The summed E-state index contributed by atoms with van der Waals surface area (Å²) < 4.78 is 0. The number of aliphatic imine (C=N–C) groups is 3. The number of fused-ring (bicyclic) bond motifs is 1. The van der Waals surface area contributed by atoms with Crippen molar-refractivity contribution in [2.24, 2.45) is 15.0 Å². The van der Waals surface area contributed by atoms with E-state index in [0.29, 0.717) is 0 Å². The molecule has 2 rings (SSSR count). The van der Waals surface area contributed by atoms with Gasteiger partial charge in [0.25, 0.3) is 0 Å². The smallest absolute Gasteiger partial charge is 0.182 e. The topological polar surface area (TPSA) is 37.1 Å². The summed E-state index contributed by atoms with van der Waals surface area (Å²) in [4.78, 5) is 11.9. The van der Waals surface area contributed by atoms with Crippen molar-refractivity contribution in [1.29, 1.82) is 0 Å². The molecule has 3 nitrogen and oxygen atoms in total. The summed E-state index contributed by atoms with van der Waals surface area (Å²) in [7, 11) is 0. The van der Waals surface area contributed by atoms with Crippen LogP contribution in [0.4, 0.5) is 0 Å². The van der Waals surface area contributed by atoms with E-state index in [9.17, 15) is 0 Å². The maximum absolute atomic E-state index is 4.05. The second-order valence-corrected chi connectivity index (χ2v) is 2.37. The first kappa shape index (κ1) is 6.82. The number of hydrogen-bond acceptors (Lipinski definition) is 4. The lowest BCUT2D eigenvalue weighted by molar-refractivity contribution is 1.39. The van der Waals surface area contributed by atoms with Gasteiger partial charge in [0.15, 0.2) is 5.84 Å². The third-order valence-electron chi connectivity index (χ3n) is 0.962. The van der Waals surface area contributed by atoms with Gasteiger partial charge in [0.2, 0.25) is 0 Å². The van der Waals surface area contributed by atoms with Crippen LogP contribution < -0.4 is 0 Å². The summed E-state index contributed by atoms with van der Waals surface area (Å²) in [6.07, 6.45) is 1.54. The predicted octanol–water partition coefficient (Wildman–Crippen LogP) is 1.18. The molecule has 0 saturated carbocycles. The van der Waals surface area contributed by atoms with E-state index in [2.05, 4.69) is 15.0 Å². The Labute approximate surface area is 63.8 Å². The van der Waals surface area contributed by atoms with Crippen molar-refractivity contribution in [3.63, 3.8) is 0 Å². The molecular formula is C4H3N3S2. The lowest BCUT2D eigenvalue weighted by Crippen LogP contribution is -1.94. The molecule has 0 aliphatic carbocycles. The third kappa shape index (κ3) is 1.02. The molecule has 0 amide bonds. The highest BCUT2D eigenvalue weighted by Crippen LogP contribution is 2.16. The SMILES string of the molecule is C1=NC2=NCSC2=N1.[S]. The second-order valence-electron chi connectivity index (χ2n) is 1.43. The van der Waals surface area contributed by atoms with Crippen LogP contribution in [0.5, 0.6) is 0 Å². The highest BCUT2D eigenvalue weighted by molar-refractivity contribution is 8.16. The molecule has 0 fully saturated rings. The van der Waals surface area contributed by atoms with Gasteiger partial charge in [-0.1, -0.05) is 11.8 Å². The van der Waals surface area contributed by atoms with Gasteiger partial charge in [0, 0.05) is 13.5 Å². The van der Waals surface area contributed by atoms with Crippen molar-refractivity contribution in [2.45, 2.75) is 0 Å². The van der Waals surface area contributed by atoms with Crippen LogP contribution in [0.3, 0.4) is 0 Å². The molecule has 0 atom stereocenters. The Kier molecular flexibility index (Phi) is 1.92. The first-order valence-electron chi connectivity index (χ1n) is 2.25. The van der Waals surface area contributed by atoms with E-state index in [1.54, 1.807) is 18.1 Å². The van der Waals surface area contributed by atoms with E-state index in [1.165, 1.54) is 0 Å². The fourth-order valence-electron chi connectivity index (χ4n) is 0.614. The molecule has 9 heavy (non-hydrogen) atoms. The summed E-state index contributed by atoms with van der Waals surface area (Å²) in [5, 5.41) is 0.977. The first-order chi connectivity index (χ1) is 3.97. The Morgan fingerprint density at radius 1 is 1.56 bits per heavy atom. The van der Waals surface area contributed by atoms with Gasteiger partial charge in [0.1, 0.15) is 11.4 Å². The highest BCUT2D eigenvalue weighted by atomic mass is 32.2. The molecule has 0 N–H and O–H groups in total. The zero-order valence-electron chi connectivity index (χ0n) is 4.44. The summed E-state index contributed by atoms with van der Waals surface area (Å²) in [5.41, 5.74) is 0. The quantitative estimate of drug-likeness (QED) is 0.520. The van der Waals surface area contributed by atoms with Gasteiger partial charge in [-0.2, -0.15) is 0 Å². The van der Waals surface area contributed by atoms with Gasteiger partial charge in [0.05, 0.1) is 5.88 Å². The molecule has 2 radical (unpaired) electrons. The van der Waals surface area contributed by atoms with Crippen LogP contribution in [-0.4, -0.2) is 23.1 Å². The Hall–Kier alpha value is -0.290. The van der Waals surface area contributed by atoms with Gasteiger partial charge in [-0.3, -0.25) is 4.99 Å². The van der Waals surface area contributed by atoms with Gasteiger partial charge in [-0.25, -0.2) is 9.98 Å². The van der Waals surface area contributed by atoms with E-state index in [0.717, 1.165) is 16.8 Å². The monoisotopic (exact) mass is 157 g/mol. The van der Waals surface area contributed by atoms with Crippen LogP contribution >= 0.6 is 25.3 Å². The van der Waals surface area contributed by atoms with Crippen molar-refractivity contribution in [3.8, 4) is 0 Å². The Morgan fingerprint density at radius 2 is 2.44 bits per heavy atom. The van der Waals surface area contributed by atoms with Crippen molar-refractivity contribution in [2.75, 3.05) is 5.88 Å². The molecule has 0 bridgehead atoms. The minimum atomic E-state index is 0. The molecule has 0 unspecified atom stereocenters. The maximum Gasteiger partial charge on any atom is 0.182 e. The summed E-state index contributed by atoms with van der Waals surface area (Å²) in [5.74, 6) is 1.61. The molecule has 2 aliphatic heterocycles. The van der Waals surface area contributed by atoms with Crippen molar-refractivity contribution < 1.29 is 0 Å². The standard InChI is InChI=1S/C4H3N3S.S/c1-5-3-4(6-1)8-2-7-3;/h1H,2H2;. The van der Waals surface area contributed by atoms with Crippen molar-refractivity contribution >= 4 is 42.5 Å². The van der Waals surface area contributed by atoms with Crippen molar-refractivity contribution in [3.05, 3.63) is 0 Å². The van der Waals surface area contributed by atoms with Gasteiger partial charge in [-0.05, 0) is 0 Å². The number of hydrogen-bond donors (Lipinski definition) is 0. The fourth-order valence-corrected chi connectivity index (χ4v) is 1.29. The maximum atomic E-state index is 4.05. The fraction of sp³-hybridized carbons (Fsp3) is 0.250. The van der Waals surface area contributed by atoms with E-state index < -0.39 is 0 Å². The molecule has 0 spiro atoms. The molecule has 0 aromatic heterocycles. The molecule has 0 saturated heterocycles. The number of amidine groups is 1. The predicted molar refractivity (Wildman–Crippen MR) is 43.4 cm³/mol. The van der Waals surface area contributed by atoms with Crippen LogP contribution in [0.1, 0.15) is 0 Å². The molecule has 2 heterocycles. The minimum absolute atomic E-state index is 0. The lowest BCUT2D eigenvalue weighted by atomic mass is 10.7. The summed E-state index contributed by atoms with van der Waals surface area (Å²) in [6.45, 7) is 0. The van der Waals surface area contributed by atoms with Gasteiger partial charge >= 0.3 is 0 Å². The van der Waals surface area contributed by atoms with Crippen LogP contribution in [-0.2, 0) is 0 Å². The van der Waals surface area contributed by atoms with Gasteiger partial charge in [-0.15, -0.1) is 0 Å². The molecule has 46 valence electrons. The largest absolute Gasteiger partial charge is 0.253 e. The summed E-state index contributed by atoms with van der Waals surface area (Å²) >= 11 is 1.63. The van der Waals surface area contributed by atoms with Crippen molar-refractivity contribution in [1.82, 2.24) is 0 Å². The highest BCUT2D eigenvalue weighted by Gasteiger charge is 2.16. The molecule has 0 aromatic carbocycles. The number of nitrogens with zero attached hydrogens (tertiary/aromatic N) is 3. The molecule has 5 heteroatoms. The van der Waals surface area contributed by atoms with E-state index in [1.807, 2.05) is 0 Å². The Bertz CT molecular complexity index is 206. The average Bonchev–Trinajstić information content (AvgIpc) is 2.15. The zero-order chi connectivity index (χ0) is 5.40. The Balaban J connectivity index is 0.000000405. The van der Waals surface area contributed by atoms with E-state index in [4.69, 9.17) is 0 Å². The zero-order valence-corrected chi connectivity index (χ0v) is 6.08. The van der Waals surface area contributed by atoms with E-state index in [-0.39, 0.29) is 13.5 Å². The number of thioether (sulfide) groups is 1. The van der Waals surface area contributed by atoms with E-state index >= 15 is 0 Å². The second kappa shape index (κ2) is 2.53. The first-order valence-corrected chi connectivity index (χ1v) is 3.23. The van der Waals surface area contributed by atoms with Crippen LogP contribution in [0.2, 0.25) is 0 Å². The molecule has 0 aromatic rings. The Morgan fingerprint density at radius 3 is 3.22 bits per heavy atom. The summed E-state index contributed by atoms with van der Waals surface area (Å²) in [6, 6.07) is 0. The average molecular weight is 157 g/mol. The number of rotatable bonds is 0. The molecular weight excluding hydrogens is 154 g/mol. The molecule has 2 aliphatic rings. The normalized spacial score (nSPS) is 20.4. The van der Waals surface area contributed by atoms with Crippen LogP contribution in [0.25, 0.3) is 0 Å².